The van der Waals surface area contributed by atoms with Gasteiger partial charge in [-0.05, 0) is 18.8 Å². The highest BCUT2D eigenvalue weighted by molar-refractivity contribution is 7.99. The van der Waals surface area contributed by atoms with Crippen molar-refractivity contribution in [2.24, 2.45) is 16.6 Å². The van der Waals surface area contributed by atoms with Gasteiger partial charge in [0.2, 0.25) is 0 Å². The van der Waals surface area contributed by atoms with Gasteiger partial charge in [0.05, 0.1) is 6.04 Å². The number of hydrogen-bond donors (Lipinski definition) is 1. The van der Waals surface area contributed by atoms with Crippen LogP contribution in [0.2, 0.25) is 0 Å². The third-order valence-corrected chi connectivity index (χ3v) is 4.15. The number of nitrogens with two attached hydrogens (primary N) is 1. The quantitative estimate of drug-likeness (QED) is 0.525. The molecule has 1 saturated carbocycles. The molecule has 3 nitrogen and oxygen atoms in total. The van der Waals surface area contributed by atoms with Crippen molar-refractivity contribution in [3.05, 3.63) is 0 Å². The predicted molar refractivity (Wildman–Crippen MR) is 62.7 cm³/mol. The van der Waals surface area contributed by atoms with Crippen LogP contribution < -0.4 is 5.73 Å². The molecule has 0 bridgehead atoms. The summed E-state index contributed by atoms with van der Waals surface area (Å²) in [5.41, 5.74) is 5.99. The Labute approximate surface area is 90.1 Å². The molecular weight excluding hydrogens is 194 g/mol. The first kappa shape index (κ1) is 10.1. The molecule has 1 saturated heterocycles. The molecular formula is C10H19N3S. The molecule has 2 aliphatic rings. The lowest BCUT2D eigenvalue weighted by Gasteiger charge is -2.33. The highest BCUT2D eigenvalue weighted by Crippen LogP contribution is 2.29. The number of thioether (sulfide) groups is 1. The highest BCUT2D eigenvalue weighted by Gasteiger charge is 2.27. The van der Waals surface area contributed by atoms with Crippen molar-refractivity contribution in [3.8, 4) is 0 Å². The van der Waals surface area contributed by atoms with Crippen molar-refractivity contribution in [2.45, 2.75) is 25.8 Å². The van der Waals surface area contributed by atoms with Gasteiger partial charge in [0.25, 0.3) is 0 Å². The van der Waals surface area contributed by atoms with Gasteiger partial charge in [0, 0.05) is 24.6 Å². The molecule has 0 aromatic rings. The molecule has 2 N–H and O–H groups in total. The summed E-state index contributed by atoms with van der Waals surface area (Å²) < 4.78 is 0. The van der Waals surface area contributed by atoms with E-state index in [4.69, 9.17) is 5.73 Å². The van der Waals surface area contributed by atoms with E-state index in [9.17, 15) is 0 Å². The zero-order valence-corrected chi connectivity index (χ0v) is 9.59. The molecule has 4 heteroatoms. The van der Waals surface area contributed by atoms with Gasteiger partial charge in [-0.15, -0.1) is 0 Å². The minimum absolute atomic E-state index is 0.504. The van der Waals surface area contributed by atoms with Gasteiger partial charge in [-0.3, -0.25) is 0 Å². The smallest absolute Gasteiger partial charge is 0.191 e. The summed E-state index contributed by atoms with van der Waals surface area (Å²) in [5, 5.41) is 0. The summed E-state index contributed by atoms with van der Waals surface area (Å²) in [6, 6.07) is 0.504. The average Bonchev–Trinajstić information content (AvgIpc) is 2.24. The largest absolute Gasteiger partial charge is 0.370 e. The monoisotopic (exact) mass is 213 g/mol. The van der Waals surface area contributed by atoms with E-state index in [2.05, 4.69) is 16.8 Å². The lowest BCUT2D eigenvalue weighted by molar-refractivity contribution is 0.280. The standard InChI is InChI=1S/C10H19N3S/c1-8-2-3-9(8)12-10(11)13-4-6-14-7-5-13/h8-9H,2-7H2,1H3,(H2,11,12). The second-order valence-corrected chi connectivity index (χ2v) is 5.43. The molecule has 0 aromatic heterocycles. The van der Waals surface area contributed by atoms with Gasteiger partial charge in [-0.1, -0.05) is 6.92 Å². The zero-order valence-electron chi connectivity index (χ0n) is 8.78. The van der Waals surface area contributed by atoms with Crippen molar-refractivity contribution in [3.63, 3.8) is 0 Å². The number of aliphatic imine (C=N–C) groups is 1. The summed E-state index contributed by atoms with van der Waals surface area (Å²) in [5.74, 6) is 3.90. The molecule has 0 aromatic carbocycles. The summed E-state index contributed by atoms with van der Waals surface area (Å²) in [6.07, 6.45) is 2.54. The van der Waals surface area contributed by atoms with Gasteiger partial charge < -0.3 is 10.6 Å². The lowest BCUT2D eigenvalue weighted by Crippen LogP contribution is -2.44. The minimum atomic E-state index is 0.504. The first-order chi connectivity index (χ1) is 6.77. The molecule has 0 radical (unpaired) electrons. The summed E-state index contributed by atoms with van der Waals surface area (Å²) >= 11 is 2.00. The normalized spacial score (nSPS) is 34.1. The molecule has 2 atom stereocenters. The maximum Gasteiger partial charge on any atom is 0.191 e. The molecule has 0 spiro atoms. The summed E-state index contributed by atoms with van der Waals surface area (Å²) in [7, 11) is 0. The highest BCUT2D eigenvalue weighted by atomic mass is 32.2. The van der Waals surface area contributed by atoms with Gasteiger partial charge in [0.15, 0.2) is 5.96 Å². The Bertz CT molecular complexity index is 223. The molecule has 1 heterocycles. The van der Waals surface area contributed by atoms with E-state index in [1.807, 2.05) is 11.8 Å². The van der Waals surface area contributed by atoms with Crippen LogP contribution in [0.1, 0.15) is 19.8 Å². The molecule has 2 fully saturated rings. The SMILES string of the molecule is CC1CCC1N=C(N)N1CCSCC1. The molecule has 1 aliphatic heterocycles. The van der Waals surface area contributed by atoms with E-state index in [-0.39, 0.29) is 0 Å². The van der Waals surface area contributed by atoms with E-state index in [0.29, 0.717) is 6.04 Å². The number of nitrogens with zero attached hydrogens (tertiary/aromatic N) is 2. The van der Waals surface area contributed by atoms with Crippen LogP contribution in [0.15, 0.2) is 4.99 Å². The van der Waals surface area contributed by atoms with Gasteiger partial charge in [-0.2, -0.15) is 11.8 Å². The molecule has 14 heavy (non-hydrogen) atoms. The fourth-order valence-electron chi connectivity index (χ4n) is 1.88. The van der Waals surface area contributed by atoms with Crippen molar-refractivity contribution in [1.29, 1.82) is 0 Å². The first-order valence-electron chi connectivity index (χ1n) is 5.43. The molecule has 80 valence electrons. The first-order valence-corrected chi connectivity index (χ1v) is 6.59. The number of rotatable bonds is 1. The third-order valence-electron chi connectivity index (χ3n) is 3.21. The topological polar surface area (TPSA) is 41.6 Å². The van der Waals surface area contributed by atoms with Crippen LogP contribution in [0, 0.1) is 5.92 Å². The Balaban J connectivity index is 1.88. The Kier molecular flexibility index (Phi) is 3.21. The van der Waals surface area contributed by atoms with Crippen LogP contribution in [-0.2, 0) is 0 Å². The molecule has 2 unspecified atom stereocenters. The molecule has 1 aliphatic carbocycles. The van der Waals surface area contributed by atoms with Crippen LogP contribution >= 0.6 is 11.8 Å². The van der Waals surface area contributed by atoms with Crippen molar-refractivity contribution in [1.82, 2.24) is 4.90 Å². The number of guanidine groups is 1. The maximum absolute atomic E-state index is 5.99. The van der Waals surface area contributed by atoms with Crippen LogP contribution in [-0.4, -0.2) is 41.5 Å². The third kappa shape index (κ3) is 2.16. The fraction of sp³-hybridized carbons (Fsp3) is 0.900. The van der Waals surface area contributed by atoms with Gasteiger partial charge >= 0.3 is 0 Å². The average molecular weight is 213 g/mol. The lowest BCUT2D eigenvalue weighted by atomic mass is 9.82. The Morgan fingerprint density at radius 1 is 1.36 bits per heavy atom. The Morgan fingerprint density at radius 3 is 2.57 bits per heavy atom. The second kappa shape index (κ2) is 4.43. The van der Waals surface area contributed by atoms with E-state index in [1.165, 1.54) is 24.3 Å². The predicted octanol–water partition coefficient (Wildman–Crippen LogP) is 1.15. The van der Waals surface area contributed by atoms with Crippen LogP contribution in [0.4, 0.5) is 0 Å². The fourth-order valence-corrected chi connectivity index (χ4v) is 2.79. The van der Waals surface area contributed by atoms with Crippen LogP contribution in [0.3, 0.4) is 0 Å². The van der Waals surface area contributed by atoms with E-state index < -0.39 is 0 Å². The molecule has 2 rings (SSSR count). The number of hydrogen-bond acceptors (Lipinski definition) is 2. The van der Waals surface area contributed by atoms with Crippen molar-refractivity contribution >= 4 is 17.7 Å². The second-order valence-electron chi connectivity index (χ2n) is 4.21. The van der Waals surface area contributed by atoms with Crippen molar-refractivity contribution < 1.29 is 0 Å². The van der Waals surface area contributed by atoms with Crippen molar-refractivity contribution in [2.75, 3.05) is 24.6 Å². The van der Waals surface area contributed by atoms with Gasteiger partial charge in [0.1, 0.15) is 0 Å². The van der Waals surface area contributed by atoms with Crippen LogP contribution in [0.25, 0.3) is 0 Å². The van der Waals surface area contributed by atoms with Crippen LogP contribution in [0.5, 0.6) is 0 Å². The van der Waals surface area contributed by atoms with Gasteiger partial charge in [-0.25, -0.2) is 4.99 Å². The Morgan fingerprint density at radius 2 is 2.07 bits per heavy atom. The van der Waals surface area contributed by atoms with E-state index in [0.717, 1.165) is 25.0 Å². The summed E-state index contributed by atoms with van der Waals surface area (Å²) in [6.45, 7) is 4.40. The molecule has 0 amide bonds. The van der Waals surface area contributed by atoms with E-state index in [1.54, 1.807) is 0 Å². The van der Waals surface area contributed by atoms with E-state index >= 15 is 0 Å². The maximum atomic E-state index is 5.99. The zero-order chi connectivity index (χ0) is 9.97. The Hall–Kier alpha value is -0.380. The minimum Gasteiger partial charge on any atom is -0.370 e. The summed E-state index contributed by atoms with van der Waals surface area (Å²) in [4.78, 5) is 6.82.